The number of hydrogen-bond donors (Lipinski definition) is 1. The first kappa shape index (κ1) is 12.5. The summed E-state index contributed by atoms with van der Waals surface area (Å²) in [6.45, 7) is 3.34. The maximum absolute atomic E-state index is 13.1. The van der Waals surface area contributed by atoms with Crippen LogP contribution in [0.15, 0.2) is 18.2 Å². The minimum atomic E-state index is -0.228. The molecule has 0 aliphatic heterocycles. The molecule has 0 saturated heterocycles. The zero-order chi connectivity index (χ0) is 12.4. The summed E-state index contributed by atoms with van der Waals surface area (Å²) in [5, 5.41) is 9.85. The van der Waals surface area contributed by atoms with E-state index in [0.717, 1.165) is 24.0 Å². The Morgan fingerprint density at radius 3 is 2.82 bits per heavy atom. The molecule has 1 saturated carbocycles. The Kier molecular flexibility index (Phi) is 3.79. The summed E-state index contributed by atoms with van der Waals surface area (Å²) in [4.78, 5) is 2.06. The van der Waals surface area contributed by atoms with E-state index in [0.29, 0.717) is 19.0 Å². The van der Waals surface area contributed by atoms with Crippen molar-refractivity contribution in [2.45, 2.75) is 32.4 Å². The quantitative estimate of drug-likeness (QED) is 0.849. The first-order chi connectivity index (χ1) is 8.06. The summed E-state index contributed by atoms with van der Waals surface area (Å²) in [7, 11) is 1.97. The second-order valence-corrected chi connectivity index (χ2v) is 5.17. The van der Waals surface area contributed by atoms with E-state index >= 15 is 0 Å². The van der Waals surface area contributed by atoms with Crippen LogP contribution in [0, 0.1) is 18.7 Å². The lowest BCUT2D eigenvalue weighted by Crippen LogP contribution is -2.30. The second-order valence-electron chi connectivity index (χ2n) is 5.17. The Bertz CT molecular complexity index is 390. The Morgan fingerprint density at radius 2 is 2.18 bits per heavy atom. The number of nitrogens with zero attached hydrogens (tertiary/aromatic N) is 1. The van der Waals surface area contributed by atoms with Crippen LogP contribution >= 0.6 is 0 Å². The fourth-order valence-electron chi connectivity index (χ4n) is 2.12. The lowest BCUT2D eigenvalue weighted by molar-refractivity contribution is 0.104. The number of aryl methyl sites for hydroxylation is 1. The highest BCUT2D eigenvalue weighted by atomic mass is 19.1. The van der Waals surface area contributed by atoms with Gasteiger partial charge in [0.25, 0.3) is 0 Å². The monoisotopic (exact) mass is 237 g/mol. The van der Waals surface area contributed by atoms with Crippen molar-refractivity contribution in [3.63, 3.8) is 0 Å². The number of aliphatic hydroxyl groups excluding tert-OH is 1. The van der Waals surface area contributed by atoms with Gasteiger partial charge in [0.2, 0.25) is 0 Å². The van der Waals surface area contributed by atoms with Crippen LogP contribution in [0.5, 0.6) is 0 Å². The van der Waals surface area contributed by atoms with Gasteiger partial charge in [-0.15, -0.1) is 0 Å². The smallest absolute Gasteiger partial charge is 0.123 e. The van der Waals surface area contributed by atoms with Gasteiger partial charge in [0, 0.05) is 13.1 Å². The van der Waals surface area contributed by atoms with Gasteiger partial charge in [-0.25, -0.2) is 4.39 Å². The summed E-state index contributed by atoms with van der Waals surface area (Å²) < 4.78 is 13.1. The molecule has 0 heterocycles. The van der Waals surface area contributed by atoms with Crippen molar-refractivity contribution in [1.82, 2.24) is 4.90 Å². The fourth-order valence-corrected chi connectivity index (χ4v) is 2.12. The number of benzene rings is 1. The molecule has 1 atom stereocenters. The van der Waals surface area contributed by atoms with Gasteiger partial charge >= 0.3 is 0 Å². The molecule has 0 aromatic heterocycles. The van der Waals surface area contributed by atoms with E-state index < -0.39 is 0 Å². The lowest BCUT2D eigenvalue weighted by atomic mass is 10.1. The van der Waals surface area contributed by atoms with Crippen molar-refractivity contribution in [2.75, 3.05) is 13.6 Å². The van der Waals surface area contributed by atoms with E-state index in [1.54, 1.807) is 12.1 Å². The van der Waals surface area contributed by atoms with E-state index in [-0.39, 0.29) is 11.9 Å². The Morgan fingerprint density at radius 1 is 1.47 bits per heavy atom. The number of aliphatic hydroxyl groups is 1. The zero-order valence-corrected chi connectivity index (χ0v) is 10.5. The molecule has 1 aromatic carbocycles. The normalized spacial score (nSPS) is 17.5. The van der Waals surface area contributed by atoms with Crippen molar-refractivity contribution in [3.05, 3.63) is 35.1 Å². The first-order valence-corrected chi connectivity index (χ1v) is 6.18. The van der Waals surface area contributed by atoms with Crippen LogP contribution in [0.1, 0.15) is 24.0 Å². The number of halogens is 1. The second kappa shape index (κ2) is 5.15. The molecule has 1 aliphatic rings. The van der Waals surface area contributed by atoms with Crippen molar-refractivity contribution in [3.8, 4) is 0 Å². The van der Waals surface area contributed by atoms with Gasteiger partial charge in [0.05, 0.1) is 6.10 Å². The first-order valence-electron chi connectivity index (χ1n) is 6.18. The third kappa shape index (κ3) is 3.51. The maximum Gasteiger partial charge on any atom is 0.123 e. The van der Waals surface area contributed by atoms with E-state index in [1.807, 2.05) is 14.0 Å². The van der Waals surface area contributed by atoms with Crippen molar-refractivity contribution in [2.24, 2.45) is 5.92 Å². The van der Waals surface area contributed by atoms with Crippen LogP contribution in [0.25, 0.3) is 0 Å². The molecule has 1 N–H and O–H groups in total. The average molecular weight is 237 g/mol. The molecule has 17 heavy (non-hydrogen) atoms. The molecule has 1 aromatic rings. The summed E-state index contributed by atoms with van der Waals surface area (Å²) in [6, 6.07) is 4.86. The predicted molar refractivity (Wildman–Crippen MR) is 66.2 cm³/mol. The molecular formula is C14H20FNO. The van der Waals surface area contributed by atoms with Crippen LogP contribution in [-0.4, -0.2) is 29.7 Å². The van der Waals surface area contributed by atoms with Crippen LogP contribution in [0.2, 0.25) is 0 Å². The van der Waals surface area contributed by atoms with E-state index in [4.69, 9.17) is 0 Å². The lowest BCUT2D eigenvalue weighted by Gasteiger charge is -2.21. The van der Waals surface area contributed by atoms with Gasteiger partial charge in [-0.1, -0.05) is 6.07 Å². The van der Waals surface area contributed by atoms with Crippen LogP contribution in [0.4, 0.5) is 4.39 Å². The predicted octanol–water partition coefficient (Wildman–Crippen LogP) is 2.34. The van der Waals surface area contributed by atoms with Crippen LogP contribution in [0.3, 0.4) is 0 Å². The molecular weight excluding hydrogens is 217 g/mol. The minimum Gasteiger partial charge on any atom is -0.392 e. The summed E-state index contributed by atoms with van der Waals surface area (Å²) in [5.74, 6) is 0.299. The standard InChI is InChI=1S/C14H20FNO/c1-10-3-6-13(15)7-12(10)8-16(2)9-14(17)11-4-5-11/h3,6-7,11,14,17H,4-5,8-9H2,1-2H3/t14-/m0/s1. The number of likely N-dealkylation sites (N-methyl/N-ethyl adjacent to an activating group) is 1. The average Bonchev–Trinajstić information content (AvgIpc) is 3.06. The summed E-state index contributed by atoms with van der Waals surface area (Å²) >= 11 is 0. The van der Waals surface area contributed by atoms with E-state index in [9.17, 15) is 9.50 Å². The van der Waals surface area contributed by atoms with Gasteiger partial charge in [-0.05, 0) is 56.0 Å². The topological polar surface area (TPSA) is 23.5 Å². The molecule has 0 amide bonds. The Labute approximate surface area is 102 Å². The molecule has 2 nitrogen and oxygen atoms in total. The summed E-state index contributed by atoms with van der Waals surface area (Å²) in [6.07, 6.45) is 2.07. The highest BCUT2D eigenvalue weighted by Gasteiger charge is 2.30. The SMILES string of the molecule is Cc1ccc(F)cc1CN(C)C[C@H](O)C1CC1. The van der Waals surface area contributed by atoms with Gasteiger partial charge in [0.1, 0.15) is 5.82 Å². The van der Waals surface area contributed by atoms with Gasteiger partial charge in [-0.3, -0.25) is 4.90 Å². The molecule has 3 heteroatoms. The molecule has 0 unspecified atom stereocenters. The zero-order valence-electron chi connectivity index (χ0n) is 10.5. The minimum absolute atomic E-state index is 0.193. The highest BCUT2D eigenvalue weighted by molar-refractivity contribution is 5.26. The third-order valence-corrected chi connectivity index (χ3v) is 3.42. The number of rotatable bonds is 5. The Hall–Kier alpha value is -0.930. The van der Waals surface area contributed by atoms with Crippen molar-refractivity contribution >= 4 is 0 Å². The molecule has 94 valence electrons. The molecule has 0 radical (unpaired) electrons. The molecule has 0 spiro atoms. The summed E-state index contributed by atoms with van der Waals surface area (Å²) in [5.41, 5.74) is 2.09. The van der Waals surface area contributed by atoms with E-state index in [1.165, 1.54) is 6.07 Å². The number of hydrogen-bond acceptors (Lipinski definition) is 2. The molecule has 0 bridgehead atoms. The maximum atomic E-state index is 13.1. The van der Waals surface area contributed by atoms with Crippen LogP contribution < -0.4 is 0 Å². The third-order valence-electron chi connectivity index (χ3n) is 3.42. The largest absolute Gasteiger partial charge is 0.392 e. The molecule has 1 fully saturated rings. The van der Waals surface area contributed by atoms with Crippen LogP contribution in [-0.2, 0) is 6.54 Å². The van der Waals surface area contributed by atoms with Gasteiger partial charge < -0.3 is 5.11 Å². The van der Waals surface area contributed by atoms with Crippen molar-refractivity contribution in [1.29, 1.82) is 0 Å². The van der Waals surface area contributed by atoms with E-state index in [2.05, 4.69) is 4.90 Å². The van der Waals surface area contributed by atoms with Gasteiger partial charge in [0.15, 0.2) is 0 Å². The Balaban J connectivity index is 1.92. The highest BCUT2D eigenvalue weighted by Crippen LogP contribution is 2.32. The van der Waals surface area contributed by atoms with Gasteiger partial charge in [-0.2, -0.15) is 0 Å². The fraction of sp³-hybridized carbons (Fsp3) is 0.571. The van der Waals surface area contributed by atoms with Crippen molar-refractivity contribution < 1.29 is 9.50 Å². The molecule has 2 rings (SSSR count). The molecule has 1 aliphatic carbocycles.